The van der Waals surface area contributed by atoms with E-state index in [-0.39, 0.29) is 31.2 Å². The van der Waals surface area contributed by atoms with Gasteiger partial charge in [-0.2, -0.15) is 0 Å². The molecule has 19 heavy (non-hydrogen) atoms. The maximum Gasteiger partial charge on any atom is 0.325 e. The maximum atomic E-state index is 12.2. The normalized spacial score (nSPS) is 10.1. The molecule has 4 nitrogen and oxygen atoms in total. The van der Waals surface area contributed by atoms with Gasteiger partial charge in [-0.1, -0.05) is 29.3 Å². The lowest BCUT2D eigenvalue weighted by molar-refractivity contribution is -0.143. The number of hydrogen-bond donors (Lipinski definition) is 0. The monoisotopic (exact) mass is 321 g/mol. The van der Waals surface area contributed by atoms with Crippen LogP contribution in [0.3, 0.4) is 0 Å². The number of ether oxygens (including phenoxy) is 1. The van der Waals surface area contributed by atoms with E-state index in [9.17, 15) is 9.59 Å². The van der Waals surface area contributed by atoms with Gasteiger partial charge in [0.15, 0.2) is 0 Å². The molecule has 0 bridgehead atoms. The summed E-state index contributed by atoms with van der Waals surface area (Å²) in [5.41, 5.74) is 0.280. The smallest absolute Gasteiger partial charge is 0.325 e. The van der Waals surface area contributed by atoms with Crippen LogP contribution >= 0.6 is 34.5 Å². The van der Waals surface area contributed by atoms with Crippen LogP contribution in [0, 0.1) is 0 Å². The third-order valence-electron chi connectivity index (χ3n) is 2.15. The van der Waals surface area contributed by atoms with E-state index in [0.717, 1.165) is 11.3 Å². The summed E-state index contributed by atoms with van der Waals surface area (Å²) in [5, 5.41) is 0. The highest BCUT2D eigenvalue weighted by Gasteiger charge is 2.22. The van der Waals surface area contributed by atoms with Crippen molar-refractivity contribution in [2.45, 2.75) is 6.92 Å². The van der Waals surface area contributed by atoms with Gasteiger partial charge < -0.3 is 9.64 Å². The second-order valence-electron chi connectivity index (χ2n) is 3.52. The Kier molecular flexibility index (Phi) is 6.34. The fourth-order valence-electron chi connectivity index (χ4n) is 1.39. The first-order valence-electron chi connectivity index (χ1n) is 5.50. The molecular weight excluding hydrogens is 309 g/mol. The summed E-state index contributed by atoms with van der Waals surface area (Å²) in [7, 11) is 0. The summed E-state index contributed by atoms with van der Waals surface area (Å²) >= 11 is 12.8. The summed E-state index contributed by atoms with van der Waals surface area (Å²) in [4.78, 5) is 25.0. The molecule has 0 saturated heterocycles. The Hall–Kier alpha value is -1.04. The van der Waals surface area contributed by atoms with E-state index < -0.39 is 5.97 Å². The minimum Gasteiger partial charge on any atom is -0.465 e. The highest BCUT2D eigenvalue weighted by molar-refractivity contribution is 7.20. The Bertz CT molecular complexity index is 487. The molecule has 0 fully saturated rings. The highest BCUT2D eigenvalue weighted by atomic mass is 35.5. The summed E-state index contributed by atoms with van der Waals surface area (Å²) in [6.07, 6.45) is 1.53. The number of hydrogen-bond acceptors (Lipinski definition) is 4. The third kappa shape index (κ3) is 4.53. The number of carbonyl (C=O) groups excluding carboxylic acids is 2. The average molecular weight is 322 g/mol. The van der Waals surface area contributed by atoms with E-state index in [1.165, 1.54) is 17.0 Å². The van der Waals surface area contributed by atoms with E-state index in [4.69, 9.17) is 27.9 Å². The van der Waals surface area contributed by atoms with Gasteiger partial charge in [0.2, 0.25) is 0 Å². The van der Waals surface area contributed by atoms with Crippen LogP contribution < -0.4 is 0 Å². The van der Waals surface area contributed by atoms with Gasteiger partial charge in [0.1, 0.15) is 10.9 Å². The Balaban J connectivity index is 2.86. The van der Waals surface area contributed by atoms with Gasteiger partial charge in [0, 0.05) is 6.54 Å². The Morgan fingerprint density at radius 2 is 2.21 bits per heavy atom. The zero-order valence-corrected chi connectivity index (χ0v) is 12.6. The van der Waals surface area contributed by atoms with Crippen LogP contribution in [-0.2, 0) is 9.53 Å². The van der Waals surface area contributed by atoms with Crippen molar-refractivity contribution in [3.63, 3.8) is 0 Å². The molecule has 0 aliphatic carbocycles. The lowest BCUT2D eigenvalue weighted by atomic mass is 10.3. The highest BCUT2D eigenvalue weighted by Crippen LogP contribution is 2.31. The van der Waals surface area contributed by atoms with E-state index in [2.05, 4.69) is 6.58 Å². The topological polar surface area (TPSA) is 46.6 Å². The Morgan fingerprint density at radius 3 is 2.68 bits per heavy atom. The zero-order chi connectivity index (χ0) is 14.4. The van der Waals surface area contributed by atoms with Crippen molar-refractivity contribution < 1.29 is 14.3 Å². The lowest BCUT2D eigenvalue weighted by Crippen LogP contribution is -2.36. The molecule has 0 spiro atoms. The molecule has 1 amide bonds. The van der Waals surface area contributed by atoms with Crippen LogP contribution in [0.1, 0.15) is 17.3 Å². The molecule has 7 heteroatoms. The SMILES string of the molecule is C=CCN(CC(=O)OCC)C(=O)c1cc(Cl)sc1Cl. The first-order valence-corrected chi connectivity index (χ1v) is 7.07. The third-order valence-corrected chi connectivity index (χ3v) is 3.64. The molecule has 1 aromatic rings. The summed E-state index contributed by atoms with van der Waals surface area (Å²) in [5.74, 6) is -0.851. The molecule has 0 atom stereocenters. The minimum absolute atomic E-state index is 0.150. The molecule has 0 radical (unpaired) electrons. The molecular formula is C12H13Cl2NO3S. The first-order chi connectivity index (χ1) is 8.99. The van der Waals surface area contributed by atoms with Crippen molar-refractivity contribution in [1.82, 2.24) is 4.90 Å². The molecule has 1 heterocycles. The fourth-order valence-corrected chi connectivity index (χ4v) is 2.84. The zero-order valence-electron chi connectivity index (χ0n) is 10.3. The minimum atomic E-state index is -0.477. The second-order valence-corrected chi connectivity index (χ2v) is 5.80. The number of esters is 1. The number of thiophene rings is 1. The van der Waals surface area contributed by atoms with Gasteiger partial charge >= 0.3 is 5.97 Å². The first kappa shape index (κ1) is 16.0. The molecule has 104 valence electrons. The van der Waals surface area contributed by atoms with E-state index >= 15 is 0 Å². The Labute approximate surface area is 125 Å². The van der Waals surface area contributed by atoms with Gasteiger partial charge in [-0.25, -0.2) is 0 Å². The van der Waals surface area contributed by atoms with Gasteiger partial charge in [-0.05, 0) is 13.0 Å². The number of carbonyl (C=O) groups is 2. The molecule has 0 aliphatic rings. The maximum absolute atomic E-state index is 12.2. The van der Waals surface area contributed by atoms with Crippen LogP contribution in [0.5, 0.6) is 0 Å². The predicted molar refractivity (Wildman–Crippen MR) is 77.1 cm³/mol. The molecule has 0 aliphatic heterocycles. The molecule has 0 aromatic carbocycles. The number of rotatable bonds is 6. The van der Waals surface area contributed by atoms with Crippen molar-refractivity contribution >= 4 is 46.4 Å². The van der Waals surface area contributed by atoms with E-state index in [1.807, 2.05) is 0 Å². The van der Waals surface area contributed by atoms with Crippen molar-refractivity contribution in [2.75, 3.05) is 19.7 Å². The van der Waals surface area contributed by atoms with E-state index in [0.29, 0.717) is 8.67 Å². The molecule has 1 rings (SSSR count). The average Bonchev–Trinajstić information content (AvgIpc) is 2.67. The fraction of sp³-hybridized carbons (Fsp3) is 0.333. The van der Waals surface area contributed by atoms with Crippen LogP contribution in [0.25, 0.3) is 0 Å². The second kappa shape index (κ2) is 7.53. The quantitative estimate of drug-likeness (QED) is 0.597. The summed E-state index contributed by atoms with van der Waals surface area (Å²) in [6.45, 7) is 5.59. The van der Waals surface area contributed by atoms with Crippen molar-refractivity contribution in [3.8, 4) is 0 Å². The molecule has 0 saturated carbocycles. The summed E-state index contributed by atoms with van der Waals surface area (Å²) < 4.78 is 5.54. The summed E-state index contributed by atoms with van der Waals surface area (Å²) in [6, 6.07) is 1.48. The van der Waals surface area contributed by atoms with E-state index in [1.54, 1.807) is 6.92 Å². The van der Waals surface area contributed by atoms with Crippen LogP contribution in [0.4, 0.5) is 0 Å². The predicted octanol–water partition coefficient (Wildman–Crippen LogP) is 3.25. The largest absolute Gasteiger partial charge is 0.465 e. The van der Waals surface area contributed by atoms with Crippen LogP contribution in [-0.4, -0.2) is 36.5 Å². The molecule has 0 N–H and O–H groups in total. The van der Waals surface area contributed by atoms with Crippen LogP contribution in [0.15, 0.2) is 18.7 Å². The van der Waals surface area contributed by atoms with Crippen molar-refractivity contribution in [1.29, 1.82) is 0 Å². The molecule has 0 unspecified atom stereocenters. The van der Waals surface area contributed by atoms with Gasteiger partial charge in [0.05, 0.1) is 16.5 Å². The lowest BCUT2D eigenvalue weighted by Gasteiger charge is -2.19. The molecule has 1 aromatic heterocycles. The van der Waals surface area contributed by atoms with Crippen molar-refractivity contribution in [3.05, 3.63) is 33.0 Å². The Morgan fingerprint density at radius 1 is 1.53 bits per heavy atom. The number of halogens is 2. The van der Waals surface area contributed by atoms with Crippen LogP contribution in [0.2, 0.25) is 8.67 Å². The number of nitrogens with zero attached hydrogens (tertiary/aromatic N) is 1. The number of amides is 1. The van der Waals surface area contributed by atoms with Gasteiger partial charge in [-0.15, -0.1) is 17.9 Å². The van der Waals surface area contributed by atoms with Crippen molar-refractivity contribution in [2.24, 2.45) is 0 Å². The standard InChI is InChI=1S/C12H13Cl2NO3S/c1-3-5-15(7-10(16)18-4-2)12(17)8-6-9(13)19-11(8)14/h3,6H,1,4-5,7H2,2H3. The van der Waals surface area contributed by atoms with Gasteiger partial charge in [0.25, 0.3) is 5.91 Å². The van der Waals surface area contributed by atoms with Gasteiger partial charge in [-0.3, -0.25) is 9.59 Å².